The number of nitrogens with zero attached hydrogens (tertiary/aromatic N) is 1. The molecular formula is C23H25ClN2O5S. The molecule has 0 unspecified atom stereocenters. The number of carbonyl (C=O) groups excluding carboxylic acids is 2. The van der Waals surface area contributed by atoms with Gasteiger partial charge in [0, 0.05) is 5.02 Å². The van der Waals surface area contributed by atoms with Crippen LogP contribution in [0, 0.1) is 18.8 Å². The molecule has 0 aromatic heterocycles. The maximum atomic E-state index is 13.2. The highest BCUT2D eigenvalue weighted by Crippen LogP contribution is 2.39. The Balaban J connectivity index is 1.61. The molecule has 1 saturated carbocycles. The molecule has 2 aromatic carbocycles. The molecule has 4 rings (SSSR count). The normalized spacial score (nSPS) is 20.9. The smallest absolute Gasteiger partial charge is 0.262 e. The number of anilines is 1. The molecule has 170 valence electrons. The van der Waals surface area contributed by atoms with Crippen molar-refractivity contribution in [3.63, 3.8) is 0 Å². The van der Waals surface area contributed by atoms with E-state index in [9.17, 15) is 18.0 Å². The Morgan fingerprint density at radius 3 is 2.34 bits per heavy atom. The summed E-state index contributed by atoms with van der Waals surface area (Å²) in [6, 6.07) is 9.59. The number of aryl methyl sites for hydroxylation is 1. The average molecular weight is 477 g/mol. The van der Waals surface area contributed by atoms with Gasteiger partial charge in [0.1, 0.15) is 5.75 Å². The van der Waals surface area contributed by atoms with Crippen molar-refractivity contribution >= 4 is 39.1 Å². The minimum absolute atomic E-state index is 0.0634. The van der Waals surface area contributed by atoms with E-state index in [0.717, 1.165) is 25.7 Å². The van der Waals surface area contributed by atoms with Crippen molar-refractivity contribution in [2.24, 2.45) is 11.8 Å². The van der Waals surface area contributed by atoms with Crippen molar-refractivity contribution in [3.8, 4) is 5.75 Å². The Morgan fingerprint density at radius 1 is 1.06 bits per heavy atom. The summed E-state index contributed by atoms with van der Waals surface area (Å²) in [4.78, 5) is 26.9. The van der Waals surface area contributed by atoms with Crippen molar-refractivity contribution < 1.29 is 22.7 Å². The number of fused-ring (bicyclic) bond motifs is 1. The summed E-state index contributed by atoms with van der Waals surface area (Å²) in [6.07, 6.45) is 3.40. The van der Waals surface area contributed by atoms with Gasteiger partial charge in [0.15, 0.2) is 0 Å². The molecule has 1 saturated heterocycles. The zero-order chi connectivity index (χ0) is 23.0. The fourth-order valence-electron chi connectivity index (χ4n) is 4.56. The van der Waals surface area contributed by atoms with E-state index in [2.05, 4.69) is 4.72 Å². The zero-order valence-electron chi connectivity index (χ0n) is 17.9. The van der Waals surface area contributed by atoms with E-state index in [-0.39, 0.29) is 40.8 Å². The first-order valence-corrected chi connectivity index (χ1v) is 12.4. The SMILES string of the molecule is COc1ccc(Cl)cc1NS(=O)(=O)c1cc(CN2C(=O)[C@H]3CCCC[C@@H]3C2=O)ccc1C. The number of amides is 2. The lowest BCUT2D eigenvalue weighted by Gasteiger charge is -2.19. The molecule has 0 spiro atoms. The maximum Gasteiger partial charge on any atom is 0.262 e. The van der Waals surface area contributed by atoms with E-state index in [0.29, 0.717) is 21.9 Å². The number of hydrogen-bond acceptors (Lipinski definition) is 5. The summed E-state index contributed by atoms with van der Waals surface area (Å²) < 4.78 is 34.1. The molecule has 2 amide bonds. The molecule has 1 heterocycles. The molecule has 9 heteroatoms. The van der Waals surface area contributed by atoms with Gasteiger partial charge in [-0.1, -0.05) is 36.6 Å². The van der Waals surface area contributed by atoms with Crippen LogP contribution >= 0.6 is 11.6 Å². The third kappa shape index (κ3) is 4.21. The monoisotopic (exact) mass is 476 g/mol. The highest BCUT2D eigenvalue weighted by atomic mass is 35.5. The number of imide groups is 1. The van der Waals surface area contributed by atoms with Gasteiger partial charge in [0.2, 0.25) is 11.8 Å². The second-order valence-electron chi connectivity index (χ2n) is 8.31. The van der Waals surface area contributed by atoms with Gasteiger partial charge in [-0.25, -0.2) is 8.42 Å². The molecule has 7 nitrogen and oxygen atoms in total. The Hall–Kier alpha value is -2.58. The van der Waals surface area contributed by atoms with E-state index >= 15 is 0 Å². The third-order valence-electron chi connectivity index (χ3n) is 6.22. The van der Waals surface area contributed by atoms with Crippen LogP contribution in [0.25, 0.3) is 0 Å². The first kappa shape index (κ1) is 22.6. The van der Waals surface area contributed by atoms with E-state index in [1.807, 2.05) is 0 Å². The molecule has 0 bridgehead atoms. The summed E-state index contributed by atoms with van der Waals surface area (Å²) in [7, 11) is -2.54. The second-order valence-corrected chi connectivity index (χ2v) is 10.4. The van der Waals surface area contributed by atoms with Gasteiger partial charge < -0.3 is 4.74 Å². The Bertz CT molecular complexity index is 1160. The Labute approximate surface area is 192 Å². The van der Waals surface area contributed by atoms with Crippen molar-refractivity contribution in [2.75, 3.05) is 11.8 Å². The lowest BCUT2D eigenvalue weighted by molar-refractivity contribution is -0.140. The van der Waals surface area contributed by atoms with Gasteiger partial charge in [0.25, 0.3) is 10.0 Å². The van der Waals surface area contributed by atoms with Gasteiger partial charge >= 0.3 is 0 Å². The van der Waals surface area contributed by atoms with Crippen molar-refractivity contribution in [2.45, 2.75) is 44.0 Å². The zero-order valence-corrected chi connectivity index (χ0v) is 19.5. The third-order valence-corrected chi connectivity index (χ3v) is 7.96. The van der Waals surface area contributed by atoms with Gasteiger partial charge in [0.05, 0.1) is 36.1 Å². The number of nitrogens with one attached hydrogen (secondary N) is 1. The fourth-order valence-corrected chi connectivity index (χ4v) is 6.09. The van der Waals surface area contributed by atoms with Crippen LogP contribution in [0.1, 0.15) is 36.8 Å². The second kappa shape index (κ2) is 8.75. The summed E-state index contributed by atoms with van der Waals surface area (Å²) in [5.41, 5.74) is 1.34. The van der Waals surface area contributed by atoms with Crippen LogP contribution < -0.4 is 9.46 Å². The number of rotatable bonds is 6. The molecule has 1 aliphatic carbocycles. The van der Waals surface area contributed by atoms with E-state index in [1.165, 1.54) is 24.1 Å². The summed E-state index contributed by atoms with van der Waals surface area (Å²) in [5, 5.41) is 0.362. The number of methoxy groups -OCH3 is 1. The molecule has 2 aromatic rings. The Morgan fingerprint density at radius 2 is 1.72 bits per heavy atom. The van der Waals surface area contributed by atoms with Crippen LogP contribution in [0.3, 0.4) is 0 Å². The van der Waals surface area contributed by atoms with E-state index in [1.54, 1.807) is 31.2 Å². The number of ether oxygens (including phenoxy) is 1. The van der Waals surface area contributed by atoms with Gasteiger partial charge in [-0.05, 0) is 55.2 Å². The molecule has 2 atom stereocenters. The molecule has 1 N–H and O–H groups in total. The van der Waals surface area contributed by atoms with Crippen molar-refractivity contribution in [1.29, 1.82) is 0 Å². The minimum Gasteiger partial charge on any atom is -0.495 e. The Kier molecular flexibility index (Phi) is 6.18. The minimum atomic E-state index is -3.97. The first-order valence-electron chi connectivity index (χ1n) is 10.5. The number of hydrogen-bond donors (Lipinski definition) is 1. The van der Waals surface area contributed by atoms with Crippen LogP contribution in [0.4, 0.5) is 5.69 Å². The molecule has 1 aliphatic heterocycles. The lowest BCUT2D eigenvalue weighted by Crippen LogP contribution is -2.30. The van der Waals surface area contributed by atoms with E-state index < -0.39 is 10.0 Å². The fraction of sp³-hybridized carbons (Fsp3) is 0.391. The van der Waals surface area contributed by atoms with Gasteiger partial charge in [-0.15, -0.1) is 0 Å². The number of carbonyl (C=O) groups is 2. The molecule has 0 radical (unpaired) electrons. The van der Waals surface area contributed by atoms with Crippen molar-refractivity contribution in [1.82, 2.24) is 4.90 Å². The molecule has 2 fully saturated rings. The molecular weight excluding hydrogens is 452 g/mol. The predicted molar refractivity (Wildman–Crippen MR) is 121 cm³/mol. The van der Waals surface area contributed by atoms with Crippen LogP contribution in [0.15, 0.2) is 41.3 Å². The van der Waals surface area contributed by atoms with Gasteiger partial charge in [-0.3, -0.25) is 19.2 Å². The molecule has 32 heavy (non-hydrogen) atoms. The summed E-state index contributed by atoms with van der Waals surface area (Å²) in [6.45, 7) is 1.75. The topological polar surface area (TPSA) is 92.8 Å². The summed E-state index contributed by atoms with van der Waals surface area (Å²) in [5.74, 6) is -0.427. The summed E-state index contributed by atoms with van der Waals surface area (Å²) >= 11 is 6.02. The van der Waals surface area contributed by atoms with Crippen LogP contribution in [0.2, 0.25) is 5.02 Å². The quantitative estimate of drug-likeness (QED) is 0.632. The van der Waals surface area contributed by atoms with Crippen LogP contribution in [-0.4, -0.2) is 32.2 Å². The predicted octanol–water partition coefficient (Wildman–Crippen LogP) is 4.13. The lowest BCUT2D eigenvalue weighted by atomic mass is 9.81. The number of halogens is 1. The highest BCUT2D eigenvalue weighted by molar-refractivity contribution is 7.92. The van der Waals surface area contributed by atoms with Gasteiger partial charge in [-0.2, -0.15) is 0 Å². The van der Waals surface area contributed by atoms with Crippen molar-refractivity contribution in [3.05, 3.63) is 52.5 Å². The highest BCUT2D eigenvalue weighted by Gasteiger charge is 2.47. The number of sulfonamides is 1. The standard InChI is InChI=1S/C23H25ClN2O5S/c1-14-7-8-15(13-26-22(27)17-5-3-4-6-18(17)23(26)28)11-21(14)32(29,30)25-19-12-16(24)9-10-20(19)31-2/h7-12,17-18,25H,3-6,13H2,1-2H3/t17-,18-/m0/s1. The maximum absolute atomic E-state index is 13.2. The molecule has 2 aliphatic rings. The largest absolute Gasteiger partial charge is 0.495 e. The van der Waals surface area contributed by atoms with Crippen LogP contribution in [0.5, 0.6) is 5.75 Å². The average Bonchev–Trinajstić information content (AvgIpc) is 3.00. The first-order chi connectivity index (χ1) is 15.2. The van der Waals surface area contributed by atoms with E-state index in [4.69, 9.17) is 16.3 Å². The van der Waals surface area contributed by atoms with Crippen LogP contribution in [-0.2, 0) is 26.2 Å². The number of benzene rings is 2. The number of likely N-dealkylation sites (tertiary alicyclic amines) is 1.